The molecule has 0 fully saturated rings. The maximum absolute atomic E-state index is 12.8. The van der Waals surface area contributed by atoms with E-state index in [2.05, 4.69) is 20.9 Å². The molecule has 7 heteroatoms. The molecule has 1 N–H and O–H groups in total. The Morgan fingerprint density at radius 3 is 3.12 bits per heavy atom. The zero-order valence-corrected chi connectivity index (χ0v) is 15.8. The lowest BCUT2D eigenvalue weighted by Crippen LogP contribution is -2.30. The molecule has 0 amide bonds. The van der Waals surface area contributed by atoms with Crippen molar-refractivity contribution in [2.45, 2.75) is 31.9 Å². The predicted molar refractivity (Wildman–Crippen MR) is 102 cm³/mol. The Morgan fingerprint density at radius 2 is 2.28 bits per heavy atom. The topological polar surface area (TPSA) is 64.4 Å². The van der Waals surface area contributed by atoms with Crippen molar-refractivity contribution in [1.82, 2.24) is 9.55 Å². The fourth-order valence-electron chi connectivity index (χ4n) is 3.18. The number of benzene rings is 1. The van der Waals surface area contributed by atoms with Gasteiger partial charge in [-0.3, -0.25) is 9.36 Å². The molecule has 0 aliphatic heterocycles. The van der Waals surface area contributed by atoms with Gasteiger partial charge >= 0.3 is 0 Å². The standard InChI is InChI=1S/C18H17BrN2O3S/c19-11-3-1-4-13(7-11)24-9-12(22)8-21-10-20-17-16(18(21)23)14-5-2-6-15(14)25-17/h1,3-4,7,10,12,22H,2,5-6,8-9H2. The minimum Gasteiger partial charge on any atom is -0.491 e. The van der Waals surface area contributed by atoms with Crippen molar-refractivity contribution in [1.29, 1.82) is 0 Å². The predicted octanol–water partition coefficient (Wildman–Crippen LogP) is 3.15. The molecular weight excluding hydrogens is 404 g/mol. The molecule has 1 atom stereocenters. The number of fused-ring (bicyclic) bond motifs is 3. The molecule has 1 aliphatic rings. The number of hydrogen-bond acceptors (Lipinski definition) is 5. The Kier molecular flexibility index (Phi) is 4.62. The van der Waals surface area contributed by atoms with Crippen LogP contribution in [0.15, 0.2) is 39.9 Å². The highest BCUT2D eigenvalue weighted by Crippen LogP contribution is 2.34. The van der Waals surface area contributed by atoms with E-state index in [1.165, 1.54) is 15.8 Å². The van der Waals surface area contributed by atoms with Crippen LogP contribution in [0.4, 0.5) is 0 Å². The van der Waals surface area contributed by atoms with Crippen LogP contribution in [0.1, 0.15) is 16.9 Å². The molecule has 0 radical (unpaired) electrons. The second-order valence-corrected chi connectivity index (χ2v) is 8.16. The Hall–Kier alpha value is -1.70. The summed E-state index contributed by atoms with van der Waals surface area (Å²) in [4.78, 5) is 19.3. The molecule has 0 spiro atoms. The largest absolute Gasteiger partial charge is 0.491 e. The summed E-state index contributed by atoms with van der Waals surface area (Å²) in [6, 6.07) is 7.43. The Labute approximate surface area is 157 Å². The van der Waals surface area contributed by atoms with Crippen molar-refractivity contribution in [3.05, 3.63) is 55.9 Å². The van der Waals surface area contributed by atoms with Gasteiger partial charge in [-0.1, -0.05) is 22.0 Å². The summed E-state index contributed by atoms with van der Waals surface area (Å²) in [6.45, 7) is 0.281. The summed E-state index contributed by atoms with van der Waals surface area (Å²) in [5.74, 6) is 0.671. The van der Waals surface area contributed by atoms with Crippen LogP contribution in [-0.4, -0.2) is 27.4 Å². The first kappa shape index (κ1) is 16.8. The highest BCUT2D eigenvalue weighted by atomic mass is 79.9. The smallest absolute Gasteiger partial charge is 0.262 e. The maximum Gasteiger partial charge on any atom is 0.262 e. The van der Waals surface area contributed by atoms with Crippen LogP contribution in [-0.2, 0) is 19.4 Å². The second-order valence-electron chi connectivity index (χ2n) is 6.16. The van der Waals surface area contributed by atoms with Gasteiger partial charge in [0.05, 0.1) is 18.3 Å². The molecule has 25 heavy (non-hydrogen) atoms. The van der Waals surface area contributed by atoms with Crippen molar-refractivity contribution < 1.29 is 9.84 Å². The Balaban J connectivity index is 1.50. The van der Waals surface area contributed by atoms with Gasteiger partial charge in [0.2, 0.25) is 0 Å². The van der Waals surface area contributed by atoms with E-state index in [0.717, 1.165) is 39.5 Å². The molecule has 2 heterocycles. The van der Waals surface area contributed by atoms with Crippen LogP contribution < -0.4 is 10.3 Å². The molecule has 1 aromatic carbocycles. The lowest BCUT2D eigenvalue weighted by atomic mass is 10.2. The zero-order valence-electron chi connectivity index (χ0n) is 13.4. The molecule has 0 saturated carbocycles. The van der Waals surface area contributed by atoms with Gasteiger partial charge in [0, 0.05) is 9.35 Å². The molecule has 3 aromatic rings. The minimum atomic E-state index is -0.789. The summed E-state index contributed by atoms with van der Waals surface area (Å²) in [5.41, 5.74) is 1.10. The number of rotatable bonds is 5. The third kappa shape index (κ3) is 3.36. The molecular formula is C18H17BrN2O3S. The number of aliphatic hydroxyl groups excluding tert-OH is 1. The second kappa shape index (κ2) is 6.90. The molecule has 1 unspecified atom stereocenters. The molecule has 2 aromatic heterocycles. The molecule has 0 bridgehead atoms. The Morgan fingerprint density at radius 1 is 1.40 bits per heavy atom. The van der Waals surface area contributed by atoms with Crippen molar-refractivity contribution in [2.75, 3.05) is 6.61 Å². The number of aryl methyl sites for hydroxylation is 2. The van der Waals surface area contributed by atoms with Crippen molar-refractivity contribution in [3.8, 4) is 5.75 Å². The summed E-state index contributed by atoms with van der Waals surface area (Å²) >= 11 is 5.00. The van der Waals surface area contributed by atoms with Crippen LogP contribution in [0.5, 0.6) is 5.75 Å². The summed E-state index contributed by atoms with van der Waals surface area (Å²) in [6.07, 6.45) is 3.83. The monoisotopic (exact) mass is 420 g/mol. The number of aromatic nitrogens is 2. The summed E-state index contributed by atoms with van der Waals surface area (Å²) < 4.78 is 8.00. The number of hydrogen-bond donors (Lipinski definition) is 1. The summed E-state index contributed by atoms with van der Waals surface area (Å²) in [5, 5.41) is 11.0. The van der Waals surface area contributed by atoms with E-state index in [9.17, 15) is 9.90 Å². The quantitative estimate of drug-likeness (QED) is 0.688. The van der Waals surface area contributed by atoms with Crippen LogP contribution in [0.25, 0.3) is 10.2 Å². The lowest BCUT2D eigenvalue weighted by Gasteiger charge is -2.14. The number of ether oxygens (including phenoxy) is 1. The fourth-order valence-corrected chi connectivity index (χ4v) is 4.78. The van der Waals surface area contributed by atoms with Crippen LogP contribution in [0.2, 0.25) is 0 Å². The van der Waals surface area contributed by atoms with Crippen LogP contribution in [0, 0.1) is 0 Å². The number of halogens is 1. The van der Waals surface area contributed by atoms with Gasteiger partial charge in [-0.2, -0.15) is 0 Å². The van der Waals surface area contributed by atoms with Gasteiger partial charge in [-0.25, -0.2) is 4.98 Å². The summed E-state index contributed by atoms with van der Waals surface area (Å²) in [7, 11) is 0. The average Bonchev–Trinajstić information content (AvgIpc) is 3.16. The van der Waals surface area contributed by atoms with Gasteiger partial charge in [0.15, 0.2) is 0 Å². The van der Waals surface area contributed by atoms with E-state index in [1.807, 2.05) is 24.3 Å². The van der Waals surface area contributed by atoms with Gasteiger partial charge in [-0.05, 0) is 43.0 Å². The number of aliphatic hydroxyl groups is 1. The Bertz CT molecular complexity index is 982. The van der Waals surface area contributed by atoms with Crippen molar-refractivity contribution in [2.24, 2.45) is 0 Å². The van der Waals surface area contributed by atoms with E-state index in [-0.39, 0.29) is 18.7 Å². The number of nitrogens with zero attached hydrogens (tertiary/aromatic N) is 2. The van der Waals surface area contributed by atoms with Crippen molar-refractivity contribution >= 4 is 37.5 Å². The first-order chi connectivity index (χ1) is 12.1. The zero-order chi connectivity index (χ0) is 17.4. The molecule has 130 valence electrons. The number of thiophene rings is 1. The van der Waals surface area contributed by atoms with Crippen molar-refractivity contribution in [3.63, 3.8) is 0 Å². The molecule has 0 saturated heterocycles. The van der Waals surface area contributed by atoms with E-state index in [4.69, 9.17) is 4.74 Å². The molecule has 4 rings (SSSR count). The SMILES string of the molecule is O=c1c2c3c(sc2ncn1CC(O)COc1cccc(Br)c1)CCC3. The fraction of sp³-hybridized carbons (Fsp3) is 0.333. The van der Waals surface area contributed by atoms with E-state index in [0.29, 0.717) is 5.75 Å². The van der Waals surface area contributed by atoms with Gasteiger partial charge in [-0.15, -0.1) is 11.3 Å². The third-order valence-corrected chi connectivity index (χ3v) is 6.03. The van der Waals surface area contributed by atoms with Gasteiger partial charge in [0.25, 0.3) is 5.56 Å². The lowest BCUT2D eigenvalue weighted by molar-refractivity contribution is 0.0914. The normalized spacial score (nSPS) is 14.6. The minimum absolute atomic E-state index is 0.0640. The third-order valence-electron chi connectivity index (χ3n) is 4.34. The first-order valence-corrected chi connectivity index (χ1v) is 9.79. The van der Waals surface area contributed by atoms with Crippen LogP contribution in [0.3, 0.4) is 0 Å². The van der Waals surface area contributed by atoms with Crippen LogP contribution >= 0.6 is 27.3 Å². The highest BCUT2D eigenvalue weighted by Gasteiger charge is 2.21. The highest BCUT2D eigenvalue weighted by molar-refractivity contribution is 9.10. The molecule has 1 aliphatic carbocycles. The van der Waals surface area contributed by atoms with Gasteiger partial charge in [0.1, 0.15) is 23.3 Å². The average molecular weight is 421 g/mol. The maximum atomic E-state index is 12.8. The van der Waals surface area contributed by atoms with E-state index >= 15 is 0 Å². The van der Waals surface area contributed by atoms with Gasteiger partial charge < -0.3 is 9.84 Å². The first-order valence-electron chi connectivity index (χ1n) is 8.18. The van der Waals surface area contributed by atoms with E-state index < -0.39 is 6.10 Å². The van der Waals surface area contributed by atoms with E-state index in [1.54, 1.807) is 11.3 Å². The molecule has 5 nitrogen and oxygen atoms in total.